The number of aromatic nitrogens is 3. The van der Waals surface area contributed by atoms with Gasteiger partial charge in [-0.1, -0.05) is 71.7 Å². The van der Waals surface area contributed by atoms with E-state index in [2.05, 4.69) is 44.0 Å². The number of carbonyl (C=O) groups is 3. The third-order valence-electron chi connectivity index (χ3n) is 10.8. The molecule has 57 heavy (non-hydrogen) atoms. The second kappa shape index (κ2) is 17.7. The molecule has 4 aromatic carbocycles. The van der Waals surface area contributed by atoms with Crippen LogP contribution in [0.4, 0.5) is 11.4 Å². The molecule has 2 aromatic heterocycles. The fourth-order valence-corrected chi connectivity index (χ4v) is 8.05. The van der Waals surface area contributed by atoms with Crippen molar-refractivity contribution in [2.75, 3.05) is 50.6 Å². The fourth-order valence-electron chi connectivity index (χ4n) is 7.76. The quantitative estimate of drug-likeness (QED) is 0.0744. The zero-order valence-electron chi connectivity index (χ0n) is 32.1. The maximum atomic E-state index is 14.9. The summed E-state index contributed by atoms with van der Waals surface area (Å²) in [7, 11) is 3.68. The first-order chi connectivity index (χ1) is 27.7. The number of ether oxygens (including phenoxy) is 1. The summed E-state index contributed by atoms with van der Waals surface area (Å²) in [5.74, 6) is -0.643. The Balaban J connectivity index is 1.29. The number of hydrogen-bond donors (Lipinski definition) is 3. The van der Waals surface area contributed by atoms with Crippen molar-refractivity contribution in [3.8, 4) is 22.5 Å². The van der Waals surface area contributed by atoms with Crippen LogP contribution in [-0.2, 0) is 9.53 Å². The summed E-state index contributed by atoms with van der Waals surface area (Å²) in [4.78, 5) is 51.3. The van der Waals surface area contributed by atoms with Gasteiger partial charge in [0.05, 0.1) is 41.7 Å². The zero-order chi connectivity index (χ0) is 40.1. The van der Waals surface area contributed by atoms with Gasteiger partial charge in [0.15, 0.2) is 0 Å². The third kappa shape index (κ3) is 8.56. The molecule has 0 saturated carbocycles. The summed E-state index contributed by atoms with van der Waals surface area (Å²) in [6, 6.07) is 28.8. The number of rotatable bonds is 14. The zero-order valence-corrected chi connectivity index (χ0v) is 33.6. The van der Waals surface area contributed by atoms with E-state index in [-0.39, 0.29) is 17.9 Å². The first kappa shape index (κ1) is 39.6. The van der Waals surface area contributed by atoms with Crippen LogP contribution < -0.4 is 15.5 Å². The molecule has 1 fully saturated rings. The van der Waals surface area contributed by atoms with Gasteiger partial charge >= 0.3 is 0 Å². The van der Waals surface area contributed by atoms with Crippen LogP contribution in [0.25, 0.3) is 33.4 Å². The molecule has 1 atom stereocenters. The normalized spacial score (nSPS) is 13.8. The Morgan fingerprint density at radius 3 is 2.44 bits per heavy atom. The van der Waals surface area contributed by atoms with Crippen LogP contribution in [-0.4, -0.2) is 84.1 Å². The number of H-pyrrole nitrogens is 1. The van der Waals surface area contributed by atoms with E-state index in [0.717, 1.165) is 66.8 Å². The first-order valence-corrected chi connectivity index (χ1v) is 19.8. The van der Waals surface area contributed by atoms with Gasteiger partial charge in [-0.25, -0.2) is 4.98 Å². The predicted molar refractivity (Wildman–Crippen MR) is 228 cm³/mol. The molecular formula is C44H45Cl2N7O4. The topological polar surface area (TPSA) is 125 Å². The van der Waals surface area contributed by atoms with Crippen LogP contribution in [0.5, 0.6) is 0 Å². The van der Waals surface area contributed by atoms with Crippen LogP contribution in [0.2, 0.25) is 10.0 Å². The lowest BCUT2D eigenvalue weighted by molar-refractivity contribution is -0.128. The Morgan fingerprint density at radius 2 is 1.72 bits per heavy atom. The van der Waals surface area contributed by atoms with Crippen LogP contribution in [0.3, 0.4) is 0 Å². The fraction of sp³-hybridized carbons (Fsp3) is 0.273. The molecule has 1 aliphatic rings. The lowest BCUT2D eigenvalue weighted by Crippen LogP contribution is -2.44. The molecule has 13 heteroatoms. The Bertz CT molecular complexity index is 2370. The van der Waals surface area contributed by atoms with Crippen molar-refractivity contribution >= 4 is 63.8 Å². The van der Waals surface area contributed by atoms with E-state index in [1.807, 2.05) is 85.2 Å². The highest BCUT2D eigenvalue weighted by Gasteiger charge is 2.30. The second-order valence-electron chi connectivity index (χ2n) is 14.3. The minimum atomic E-state index is -0.384. The molecule has 0 spiro atoms. The van der Waals surface area contributed by atoms with E-state index >= 15 is 0 Å². The monoisotopic (exact) mass is 805 g/mol. The molecule has 294 valence electrons. The molecule has 0 aliphatic carbocycles. The van der Waals surface area contributed by atoms with Crippen molar-refractivity contribution in [3.63, 3.8) is 0 Å². The number of carbonyl (C=O) groups excluding carboxylic acids is 3. The molecule has 2 amide bonds. The largest absolute Gasteiger partial charge is 0.468 e. The number of fused-ring (bicyclic) bond motifs is 1. The standard InChI is InChI=1S/C44H45Cl2N7O4/c1-28(29-10-13-32(45)14-11-29)53-26-48-40(30-8-5-4-6-9-30)42(53)39-35-16-15-33(46)25-36(35)49-41(39)44(56)50-37-24-31(43(55)47-2)12-17-38(37)52-21-18-34(19-22-52)51(3)20-7-23-57-27-54/h4-6,8-17,24-28,34,49H,7,18-23H2,1-3H3,(H,47,55)(H,50,56). The number of nitrogens with one attached hydrogen (secondary N) is 3. The van der Waals surface area contributed by atoms with Crippen molar-refractivity contribution < 1.29 is 19.1 Å². The van der Waals surface area contributed by atoms with Crippen LogP contribution in [0.15, 0.2) is 97.3 Å². The van der Waals surface area contributed by atoms with E-state index in [9.17, 15) is 14.4 Å². The third-order valence-corrected chi connectivity index (χ3v) is 11.3. The molecule has 1 saturated heterocycles. The number of aromatic amines is 1. The lowest BCUT2D eigenvalue weighted by Gasteiger charge is -2.38. The summed E-state index contributed by atoms with van der Waals surface area (Å²) in [5.41, 5.74) is 6.84. The van der Waals surface area contributed by atoms with Crippen molar-refractivity contribution in [2.45, 2.75) is 38.3 Å². The van der Waals surface area contributed by atoms with Gasteiger partial charge in [0.25, 0.3) is 18.3 Å². The lowest BCUT2D eigenvalue weighted by atomic mass is 9.99. The van der Waals surface area contributed by atoms with Crippen LogP contribution >= 0.6 is 23.2 Å². The van der Waals surface area contributed by atoms with Gasteiger partial charge in [0.2, 0.25) is 0 Å². The highest BCUT2D eigenvalue weighted by Crippen LogP contribution is 2.42. The van der Waals surface area contributed by atoms with Crippen LogP contribution in [0, 0.1) is 0 Å². The molecule has 1 unspecified atom stereocenters. The number of hydrogen-bond acceptors (Lipinski definition) is 7. The number of piperidine rings is 1. The van der Waals surface area contributed by atoms with Gasteiger partial charge < -0.3 is 34.7 Å². The van der Waals surface area contributed by atoms with E-state index < -0.39 is 0 Å². The summed E-state index contributed by atoms with van der Waals surface area (Å²) < 4.78 is 6.97. The number of anilines is 2. The average molecular weight is 807 g/mol. The number of amides is 2. The van der Waals surface area contributed by atoms with E-state index in [4.69, 9.17) is 32.9 Å². The second-order valence-corrected chi connectivity index (χ2v) is 15.2. The summed E-state index contributed by atoms with van der Waals surface area (Å²) in [5, 5.41) is 7.89. The summed E-state index contributed by atoms with van der Waals surface area (Å²) >= 11 is 12.8. The first-order valence-electron chi connectivity index (χ1n) is 19.0. The molecule has 11 nitrogen and oxygen atoms in total. The number of halogens is 2. The number of nitrogens with zero attached hydrogens (tertiary/aromatic N) is 4. The average Bonchev–Trinajstić information content (AvgIpc) is 3.84. The molecule has 3 N–H and O–H groups in total. The van der Waals surface area contributed by atoms with E-state index in [1.54, 1.807) is 19.2 Å². The van der Waals surface area contributed by atoms with Crippen molar-refractivity contribution in [3.05, 3.63) is 124 Å². The van der Waals surface area contributed by atoms with Gasteiger partial charge in [0, 0.05) is 70.4 Å². The van der Waals surface area contributed by atoms with Gasteiger partial charge in [0.1, 0.15) is 5.69 Å². The maximum absolute atomic E-state index is 14.9. The van der Waals surface area contributed by atoms with Crippen molar-refractivity contribution in [2.24, 2.45) is 0 Å². The minimum absolute atomic E-state index is 0.183. The van der Waals surface area contributed by atoms with Gasteiger partial charge in [-0.05, 0) is 81.3 Å². The smallest absolute Gasteiger partial charge is 0.293 e. The Kier molecular flexibility index (Phi) is 12.3. The maximum Gasteiger partial charge on any atom is 0.293 e. The van der Waals surface area contributed by atoms with Gasteiger partial charge in [-0.3, -0.25) is 14.4 Å². The molecule has 3 heterocycles. The Hall–Kier alpha value is -5.62. The van der Waals surface area contributed by atoms with Gasteiger partial charge in [-0.2, -0.15) is 0 Å². The molecular weight excluding hydrogens is 761 g/mol. The van der Waals surface area contributed by atoms with E-state index in [1.165, 1.54) is 0 Å². The Labute approximate surface area is 341 Å². The Morgan fingerprint density at radius 1 is 0.982 bits per heavy atom. The number of imidazole rings is 1. The molecule has 1 aliphatic heterocycles. The highest BCUT2D eigenvalue weighted by atomic mass is 35.5. The minimum Gasteiger partial charge on any atom is -0.468 e. The summed E-state index contributed by atoms with van der Waals surface area (Å²) in [6.07, 6.45) is 4.39. The molecule has 6 aromatic rings. The van der Waals surface area contributed by atoms with Crippen LogP contribution in [0.1, 0.15) is 58.6 Å². The van der Waals surface area contributed by atoms with Crippen molar-refractivity contribution in [1.29, 1.82) is 0 Å². The SMILES string of the molecule is CNC(=O)c1ccc(N2CCC(N(C)CCCOC=O)CC2)c(NC(=O)c2[nH]c3cc(Cl)ccc3c2-c2c(-c3ccccc3)ncn2C(C)c2ccc(Cl)cc2)c1. The highest BCUT2D eigenvalue weighted by molar-refractivity contribution is 6.31. The predicted octanol–water partition coefficient (Wildman–Crippen LogP) is 8.69. The summed E-state index contributed by atoms with van der Waals surface area (Å²) in [6.45, 7) is 5.30. The van der Waals surface area contributed by atoms with E-state index in [0.29, 0.717) is 62.9 Å². The molecule has 0 bridgehead atoms. The number of benzene rings is 4. The van der Waals surface area contributed by atoms with Gasteiger partial charge in [-0.15, -0.1) is 0 Å². The van der Waals surface area contributed by atoms with Crippen molar-refractivity contribution in [1.82, 2.24) is 24.8 Å². The molecule has 7 rings (SSSR count). The molecule has 0 radical (unpaired) electrons.